The molecule has 20 heavy (non-hydrogen) atoms. The number of fused-ring (bicyclic) bond motifs is 1. The normalized spacial score (nSPS) is 22.2. The SMILES string of the molecule is CNC1CCC(NCc2ccc3[nH]c(C#N)cc3c2)C1. The minimum atomic E-state index is 0.615. The Labute approximate surface area is 119 Å². The zero-order chi connectivity index (χ0) is 13.9. The van der Waals surface area contributed by atoms with Gasteiger partial charge in [-0.25, -0.2) is 0 Å². The van der Waals surface area contributed by atoms with Crippen molar-refractivity contribution >= 4 is 10.9 Å². The molecule has 1 aromatic heterocycles. The first-order valence-electron chi connectivity index (χ1n) is 7.21. The van der Waals surface area contributed by atoms with E-state index in [0.29, 0.717) is 17.8 Å². The predicted octanol–water partition coefficient (Wildman–Crippen LogP) is 2.27. The highest BCUT2D eigenvalue weighted by atomic mass is 15.0. The third-order valence-electron chi connectivity index (χ3n) is 4.24. The number of aromatic amines is 1. The zero-order valence-corrected chi connectivity index (χ0v) is 11.7. The average Bonchev–Trinajstić information content (AvgIpc) is 3.10. The fraction of sp³-hybridized carbons (Fsp3) is 0.438. The van der Waals surface area contributed by atoms with Gasteiger partial charge in [-0.15, -0.1) is 0 Å². The molecule has 0 spiro atoms. The van der Waals surface area contributed by atoms with Crippen molar-refractivity contribution in [3.8, 4) is 6.07 Å². The Morgan fingerprint density at radius 2 is 2.15 bits per heavy atom. The Morgan fingerprint density at radius 3 is 2.90 bits per heavy atom. The number of hydrogen-bond donors (Lipinski definition) is 3. The zero-order valence-electron chi connectivity index (χ0n) is 11.7. The Kier molecular flexibility index (Phi) is 3.72. The van der Waals surface area contributed by atoms with Crippen molar-refractivity contribution in [1.29, 1.82) is 5.26 Å². The van der Waals surface area contributed by atoms with Crippen LogP contribution in [0.2, 0.25) is 0 Å². The molecular formula is C16H20N4. The van der Waals surface area contributed by atoms with Crippen LogP contribution in [0.1, 0.15) is 30.5 Å². The number of hydrogen-bond acceptors (Lipinski definition) is 3. The largest absolute Gasteiger partial charge is 0.346 e. The molecule has 0 radical (unpaired) electrons. The minimum absolute atomic E-state index is 0.615. The van der Waals surface area contributed by atoms with Crippen molar-refractivity contribution in [1.82, 2.24) is 15.6 Å². The molecule has 0 saturated heterocycles. The minimum Gasteiger partial charge on any atom is -0.346 e. The number of nitrogens with zero attached hydrogens (tertiary/aromatic N) is 1. The van der Waals surface area contributed by atoms with Crippen LogP contribution < -0.4 is 10.6 Å². The molecule has 4 nitrogen and oxygen atoms in total. The lowest BCUT2D eigenvalue weighted by atomic mass is 10.1. The second-order valence-corrected chi connectivity index (χ2v) is 5.59. The summed E-state index contributed by atoms with van der Waals surface area (Å²) in [5, 5.41) is 17.0. The second kappa shape index (κ2) is 5.66. The average molecular weight is 268 g/mol. The standard InChI is InChI=1S/C16H20N4/c1-18-13-3-4-14(8-13)19-10-11-2-5-16-12(6-11)7-15(9-17)20-16/h2,5-7,13-14,18-20H,3-4,8,10H2,1H3. The number of rotatable bonds is 4. The fourth-order valence-electron chi connectivity index (χ4n) is 3.04. The van der Waals surface area contributed by atoms with E-state index in [4.69, 9.17) is 5.26 Å². The van der Waals surface area contributed by atoms with E-state index in [2.05, 4.69) is 39.9 Å². The maximum Gasteiger partial charge on any atom is 0.118 e. The number of nitriles is 1. The molecule has 104 valence electrons. The van der Waals surface area contributed by atoms with E-state index in [1.807, 2.05) is 13.1 Å². The van der Waals surface area contributed by atoms with E-state index in [-0.39, 0.29) is 0 Å². The van der Waals surface area contributed by atoms with Crippen LogP contribution in [0.25, 0.3) is 10.9 Å². The van der Waals surface area contributed by atoms with Gasteiger partial charge in [-0.05, 0) is 50.1 Å². The van der Waals surface area contributed by atoms with Crippen LogP contribution in [0, 0.1) is 11.3 Å². The quantitative estimate of drug-likeness (QED) is 0.797. The molecular weight excluding hydrogens is 248 g/mol. The van der Waals surface area contributed by atoms with Crippen molar-refractivity contribution in [2.75, 3.05) is 7.05 Å². The maximum absolute atomic E-state index is 8.90. The molecule has 3 rings (SSSR count). The number of benzene rings is 1. The van der Waals surface area contributed by atoms with Crippen molar-refractivity contribution in [2.24, 2.45) is 0 Å². The molecule has 1 heterocycles. The van der Waals surface area contributed by atoms with Gasteiger partial charge in [-0.1, -0.05) is 6.07 Å². The molecule has 1 aromatic carbocycles. The molecule has 1 saturated carbocycles. The molecule has 1 aliphatic carbocycles. The van der Waals surface area contributed by atoms with Gasteiger partial charge in [0.1, 0.15) is 11.8 Å². The van der Waals surface area contributed by atoms with Gasteiger partial charge in [0, 0.05) is 29.5 Å². The van der Waals surface area contributed by atoms with Crippen molar-refractivity contribution in [2.45, 2.75) is 37.9 Å². The van der Waals surface area contributed by atoms with Gasteiger partial charge in [0.25, 0.3) is 0 Å². The molecule has 2 unspecified atom stereocenters. The van der Waals surface area contributed by atoms with Crippen LogP contribution in [0.5, 0.6) is 0 Å². The van der Waals surface area contributed by atoms with Crippen LogP contribution in [0.15, 0.2) is 24.3 Å². The van der Waals surface area contributed by atoms with Gasteiger partial charge in [-0.3, -0.25) is 0 Å². The molecule has 3 N–H and O–H groups in total. The van der Waals surface area contributed by atoms with E-state index in [0.717, 1.165) is 17.4 Å². The third kappa shape index (κ3) is 2.69. The van der Waals surface area contributed by atoms with E-state index in [1.165, 1.54) is 24.8 Å². The predicted molar refractivity (Wildman–Crippen MR) is 80.3 cm³/mol. The Balaban J connectivity index is 1.64. The van der Waals surface area contributed by atoms with E-state index in [1.54, 1.807) is 0 Å². The van der Waals surface area contributed by atoms with Gasteiger partial charge in [0.15, 0.2) is 0 Å². The summed E-state index contributed by atoms with van der Waals surface area (Å²) in [5.41, 5.74) is 2.92. The molecule has 2 atom stereocenters. The van der Waals surface area contributed by atoms with Crippen molar-refractivity contribution < 1.29 is 0 Å². The van der Waals surface area contributed by atoms with Crippen LogP contribution in [-0.2, 0) is 6.54 Å². The van der Waals surface area contributed by atoms with Gasteiger partial charge < -0.3 is 15.6 Å². The molecule has 0 amide bonds. The molecule has 1 aliphatic rings. The van der Waals surface area contributed by atoms with E-state index >= 15 is 0 Å². The van der Waals surface area contributed by atoms with E-state index in [9.17, 15) is 0 Å². The van der Waals surface area contributed by atoms with E-state index < -0.39 is 0 Å². The Hall–Kier alpha value is -1.83. The first-order valence-corrected chi connectivity index (χ1v) is 7.21. The van der Waals surface area contributed by atoms with Crippen molar-refractivity contribution in [3.05, 3.63) is 35.5 Å². The highest BCUT2D eigenvalue weighted by Gasteiger charge is 2.22. The van der Waals surface area contributed by atoms with Gasteiger partial charge in [0.05, 0.1) is 0 Å². The Morgan fingerprint density at radius 1 is 1.30 bits per heavy atom. The second-order valence-electron chi connectivity index (χ2n) is 5.59. The monoisotopic (exact) mass is 268 g/mol. The first-order chi connectivity index (χ1) is 9.78. The van der Waals surface area contributed by atoms with Gasteiger partial charge in [0.2, 0.25) is 0 Å². The van der Waals surface area contributed by atoms with Crippen LogP contribution >= 0.6 is 0 Å². The van der Waals surface area contributed by atoms with Crippen LogP contribution in [0.4, 0.5) is 0 Å². The Bertz CT molecular complexity index is 637. The summed E-state index contributed by atoms with van der Waals surface area (Å²) >= 11 is 0. The van der Waals surface area contributed by atoms with Crippen molar-refractivity contribution in [3.63, 3.8) is 0 Å². The fourth-order valence-corrected chi connectivity index (χ4v) is 3.04. The lowest BCUT2D eigenvalue weighted by Crippen LogP contribution is -2.29. The molecule has 1 fully saturated rings. The lowest BCUT2D eigenvalue weighted by molar-refractivity contribution is 0.500. The molecule has 0 aliphatic heterocycles. The smallest absolute Gasteiger partial charge is 0.118 e. The number of H-pyrrole nitrogens is 1. The summed E-state index contributed by atoms with van der Waals surface area (Å²) in [6, 6.07) is 11.7. The summed E-state index contributed by atoms with van der Waals surface area (Å²) in [6.45, 7) is 0.893. The highest BCUT2D eigenvalue weighted by Crippen LogP contribution is 2.20. The van der Waals surface area contributed by atoms with Gasteiger partial charge >= 0.3 is 0 Å². The lowest BCUT2D eigenvalue weighted by Gasteiger charge is -2.13. The number of aromatic nitrogens is 1. The van der Waals surface area contributed by atoms with Gasteiger partial charge in [-0.2, -0.15) is 5.26 Å². The summed E-state index contributed by atoms with van der Waals surface area (Å²) < 4.78 is 0. The maximum atomic E-state index is 8.90. The summed E-state index contributed by atoms with van der Waals surface area (Å²) in [4.78, 5) is 3.09. The summed E-state index contributed by atoms with van der Waals surface area (Å²) in [5.74, 6) is 0. The summed E-state index contributed by atoms with van der Waals surface area (Å²) in [7, 11) is 2.04. The molecule has 4 heteroatoms. The molecule has 2 aromatic rings. The highest BCUT2D eigenvalue weighted by molar-refractivity contribution is 5.81. The summed E-state index contributed by atoms with van der Waals surface area (Å²) in [6.07, 6.45) is 3.72. The van der Waals surface area contributed by atoms with Crippen LogP contribution in [0.3, 0.4) is 0 Å². The third-order valence-corrected chi connectivity index (χ3v) is 4.24. The van der Waals surface area contributed by atoms with Crippen LogP contribution in [-0.4, -0.2) is 24.1 Å². The first kappa shape index (κ1) is 13.2. The molecule has 0 bridgehead atoms. The number of nitrogens with one attached hydrogen (secondary N) is 3. The topological polar surface area (TPSA) is 63.6 Å².